The molecule has 0 radical (unpaired) electrons. The molecule has 0 aliphatic heterocycles. The normalized spacial score (nSPS) is 22.7. The van der Waals surface area contributed by atoms with Crippen molar-refractivity contribution in [3.63, 3.8) is 0 Å². The maximum atomic E-state index is 11.6. The Morgan fingerprint density at radius 2 is 1.88 bits per heavy atom. The first-order valence-corrected chi connectivity index (χ1v) is 9.21. The van der Waals surface area contributed by atoms with E-state index in [1.807, 2.05) is 30.3 Å². The molecular weight excluding hydrogens is 346 g/mol. The van der Waals surface area contributed by atoms with Crippen LogP contribution in [-0.2, 0) is 12.1 Å². The average molecular weight is 376 g/mol. The van der Waals surface area contributed by atoms with Crippen LogP contribution < -0.4 is 4.74 Å². The molecule has 0 amide bonds. The molecule has 3 rings (SSSR count). The third kappa shape index (κ3) is 4.79. The van der Waals surface area contributed by atoms with Crippen LogP contribution in [0.5, 0.6) is 5.75 Å². The Balaban J connectivity index is 0.00000243. The van der Waals surface area contributed by atoms with Crippen molar-refractivity contribution in [1.29, 1.82) is 0 Å². The fourth-order valence-corrected chi connectivity index (χ4v) is 4.08. The van der Waals surface area contributed by atoms with Crippen LogP contribution in [0.1, 0.15) is 36.8 Å². The Kier molecular flexibility index (Phi) is 7.51. The summed E-state index contributed by atoms with van der Waals surface area (Å²) >= 11 is 0. The lowest BCUT2D eigenvalue weighted by molar-refractivity contribution is -0.0643. The average Bonchev–Trinajstić information content (AvgIpc) is 2.64. The summed E-state index contributed by atoms with van der Waals surface area (Å²) in [6.45, 7) is 1.80. The number of hydrogen-bond acceptors (Lipinski definition) is 3. The fourth-order valence-electron chi connectivity index (χ4n) is 4.08. The van der Waals surface area contributed by atoms with Crippen LogP contribution in [0, 0.1) is 5.92 Å². The van der Waals surface area contributed by atoms with Gasteiger partial charge < -0.3 is 14.7 Å². The lowest BCUT2D eigenvalue weighted by atomic mass is 9.71. The molecule has 0 aromatic heterocycles. The minimum atomic E-state index is -0.766. The molecule has 1 N–H and O–H groups in total. The Morgan fingerprint density at radius 3 is 2.62 bits per heavy atom. The van der Waals surface area contributed by atoms with Crippen molar-refractivity contribution in [1.82, 2.24) is 4.90 Å². The quantitative estimate of drug-likeness (QED) is 0.799. The molecule has 26 heavy (non-hydrogen) atoms. The van der Waals surface area contributed by atoms with Gasteiger partial charge in [-0.1, -0.05) is 55.3 Å². The molecular formula is C22H30ClNO2. The summed E-state index contributed by atoms with van der Waals surface area (Å²) < 4.78 is 5.36. The van der Waals surface area contributed by atoms with Crippen molar-refractivity contribution in [3.8, 4) is 5.75 Å². The minimum Gasteiger partial charge on any atom is -0.497 e. The summed E-state index contributed by atoms with van der Waals surface area (Å²) in [5.41, 5.74) is 1.54. The van der Waals surface area contributed by atoms with Crippen LogP contribution in [0.3, 0.4) is 0 Å². The molecule has 2 atom stereocenters. The smallest absolute Gasteiger partial charge is 0.119 e. The van der Waals surface area contributed by atoms with E-state index in [-0.39, 0.29) is 18.3 Å². The second-order valence-corrected chi connectivity index (χ2v) is 7.28. The van der Waals surface area contributed by atoms with Gasteiger partial charge in [-0.05, 0) is 43.1 Å². The lowest BCUT2D eigenvalue weighted by Crippen LogP contribution is -2.43. The number of aliphatic hydroxyl groups is 1. The van der Waals surface area contributed by atoms with E-state index in [2.05, 4.69) is 36.2 Å². The molecule has 142 valence electrons. The summed E-state index contributed by atoms with van der Waals surface area (Å²) in [7, 11) is 3.82. The summed E-state index contributed by atoms with van der Waals surface area (Å²) in [4.78, 5) is 2.33. The van der Waals surface area contributed by atoms with E-state index in [4.69, 9.17) is 4.74 Å². The van der Waals surface area contributed by atoms with Gasteiger partial charge in [-0.3, -0.25) is 0 Å². The molecule has 2 aromatic carbocycles. The molecule has 1 fully saturated rings. The molecule has 4 heteroatoms. The number of ether oxygens (including phenoxy) is 1. The monoisotopic (exact) mass is 375 g/mol. The SMILES string of the molecule is COc1cccc(C2(O)CCCCC2CN(C)Cc2ccccc2)c1.Cl. The van der Waals surface area contributed by atoms with E-state index in [9.17, 15) is 5.11 Å². The second kappa shape index (κ2) is 9.40. The van der Waals surface area contributed by atoms with Crippen molar-refractivity contribution in [2.45, 2.75) is 37.8 Å². The van der Waals surface area contributed by atoms with E-state index < -0.39 is 5.60 Å². The first-order valence-electron chi connectivity index (χ1n) is 9.21. The molecule has 0 bridgehead atoms. The highest BCUT2D eigenvalue weighted by atomic mass is 35.5. The first-order chi connectivity index (χ1) is 12.1. The summed E-state index contributed by atoms with van der Waals surface area (Å²) in [5, 5.41) is 11.6. The molecule has 0 saturated heterocycles. The highest BCUT2D eigenvalue weighted by Crippen LogP contribution is 2.42. The third-order valence-electron chi connectivity index (χ3n) is 5.43. The van der Waals surface area contributed by atoms with E-state index in [0.717, 1.165) is 43.7 Å². The van der Waals surface area contributed by atoms with E-state index in [0.29, 0.717) is 0 Å². The Hall–Kier alpha value is -1.55. The van der Waals surface area contributed by atoms with Crippen LogP contribution in [0.4, 0.5) is 0 Å². The van der Waals surface area contributed by atoms with E-state index in [1.54, 1.807) is 7.11 Å². The number of rotatable bonds is 6. The molecule has 0 spiro atoms. The van der Waals surface area contributed by atoms with Crippen LogP contribution in [-0.4, -0.2) is 30.7 Å². The van der Waals surface area contributed by atoms with Gasteiger partial charge in [0.05, 0.1) is 12.7 Å². The summed E-state index contributed by atoms with van der Waals surface area (Å²) in [6.07, 6.45) is 4.15. The summed E-state index contributed by atoms with van der Waals surface area (Å²) in [5.74, 6) is 1.05. The molecule has 1 aliphatic rings. The third-order valence-corrected chi connectivity index (χ3v) is 5.43. The van der Waals surface area contributed by atoms with Gasteiger partial charge in [0.2, 0.25) is 0 Å². The van der Waals surface area contributed by atoms with Gasteiger partial charge in [-0.15, -0.1) is 12.4 Å². The first kappa shape index (κ1) is 20.8. The van der Waals surface area contributed by atoms with Crippen LogP contribution in [0.15, 0.2) is 54.6 Å². The number of nitrogens with zero attached hydrogens (tertiary/aromatic N) is 1. The standard InChI is InChI=1S/C22H29NO2.ClH/c1-23(16-18-9-4-3-5-10-18)17-20-11-6-7-14-22(20,24)19-12-8-13-21(15-19)25-2;/h3-5,8-10,12-13,15,20,24H,6-7,11,14,16-17H2,1-2H3;1H. The largest absolute Gasteiger partial charge is 0.497 e. The van der Waals surface area contributed by atoms with Gasteiger partial charge >= 0.3 is 0 Å². The van der Waals surface area contributed by atoms with E-state index in [1.165, 1.54) is 12.0 Å². The fraction of sp³-hybridized carbons (Fsp3) is 0.455. The zero-order valence-electron chi connectivity index (χ0n) is 15.7. The zero-order chi connectivity index (χ0) is 17.7. The molecule has 1 aliphatic carbocycles. The predicted octanol–water partition coefficient (Wildman–Crippen LogP) is 4.63. The Bertz CT molecular complexity index is 679. The van der Waals surface area contributed by atoms with Crippen molar-refractivity contribution < 1.29 is 9.84 Å². The van der Waals surface area contributed by atoms with Crippen molar-refractivity contribution >= 4 is 12.4 Å². The topological polar surface area (TPSA) is 32.7 Å². The van der Waals surface area contributed by atoms with Gasteiger partial charge in [0.15, 0.2) is 0 Å². The summed E-state index contributed by atoms with van der Waals surface area (Å²) in [6, 6.07) is 18.5. The van der Waals surface area contributed by atoms with Crippen molar-refractivity contribution in [3.05, 3.63) is 65.7 Å². The Morgan fingerprint density at radius 1 is 1.12 bits per heavy atom. The van der Waals surface area contributed by atoms with Crippen LogP contribution >= 0.6 is 12.4 Å². The van der Waals surface area contributed by atoms with Gasteiger partial charge in [0.1, 0.15) is 5.75 Å². The highest BCUT2D eigenvalue weighted by molar-refractivity contribution is 5.85. The van der Waals surface area contributed by atoms with Gasteiger partial charge in [-0.25, -0.2) is 0 Å². The number of halogens is 1. The maximum absolute atomic E-state index is 11.6. The van der Waals surface area contributed by atoms with Gasteiger partial charge in [0, 0.05) is 19.0 Å². The number of methoxy groups -OCH3 is 1. The van der Waals surface area contributed by atoms with Gasteiger partial charge in [-0.2, -0.15) is 0 Å². The van der Waals surface area contributed by atoms with Crippen molar-refractivity contribution in [2.24, 2.45) is 5.92 Å². The van der Waals surface area contributed by atoms with Crippen LogP contribution in [0.2, 0.25) is 0 Å². The lowest BCUT2D eigenvalue weighted by Gasteiger charge is -2.42. The van der Waals surface area contributed by atoms with Crippen molar-refractivity contribution in [2.75, 3.05) is 20.7 Å². The molecule has 2 unspecified atom stereocenters. The molecule has 3 nitrogen and oxygen atoms in total. The van der Waals surface area contributed by atoms with E-state index >= 15 is 0 Å². The minimum absolute atomic E-state index is 0. The van der Waals surface area contributed by atoms with Crippen LogP contribution in [0.25, 0.3) is 0 Å². The predicted molar refractivity (Wildman–Crippen MR) is 109 cm³/mol. The number of hydrogen-bond donors (Lipinski definition) is 1. The maximum Gasteiger partial charge on any atom is 0.119 e. The highest BCUT2D eigenvalue weighted by Gasteiger charge is 2.40. The zero-order valence-corrected chi connectivity index (χ0v) is 16.5. The van der Waals surface area contributed by atoms with Gasteiger partial charge in [0.25, 0.3) is 0 Å². The number of benzene rings is 2. The molecule has 0 heterocycles. The molecule has 1 saturated carbocycles. The Labute approximate surface area is 163 Å². The molecule has 2 aromatic rings. The second-order valence-electron chi connectivity index (χ2n) is 7.28.